The molecule has 2 N–H and O–H groups in total. The molecule has 2 nitrogen and oxygen atoms in total. The van der Waals surface area contributed by atoms with Gasteiger partial charge in [-0.25, -0.2) is 4.39 Å². The molecular formula is C7H7FN2. The first-order chi connectivity index (χ1) is 4.75. The van der Waals surface area contributed by atoms with E-state index in [9.17, 15) is 4.39 Å². The molecule has 0 unspecified atom stereocenters. The van der Waals surface area contributed by atoms with Gasteiger partial charge in [-0.15, -0.1) is 0 Å². The molecule has 10 heavy (non-hydrogen) atoms. The Labute approximate surface area is 58.9 Å². The lowest BCUT2D eigenvalue weighted by Gasteiger charge is -1.94. The molecule has 0 saturated carbocycles. The molecule has 3 heteroatoms. The second-order valence-corrected chi connectivity index (χ2v) is 1.88. The number of anilines is 1. The maximum atomic E-state index is 12.8. The zero-order valence-electron chi connectivity index (χ0n) is 5.61. The van der Waals surface area contributed by atoms with E-state index in [0.29, 0.717) is 12.0 Å². The minimum atomic E-state index is -0.471. The summed E-state index contributed by atoms with van der Waals surface area (Å²) in [5.41, 5.74) is 5.60. The van der Waals surface area contributed by atoms with Crippen molar-refractivity contribution in [3.63, 3.8) is 0 Å². The zero-order valence-corrected chi connectivity index (χ0v) is 5.61. The van der Waals surface area contributed by atoms with Crippen LogP contribution < -0.4 is 5.73 Å². The largest absolute Gasteiger partial charge is 0.381 e. The van der Waals surface area contributed by atoms with Crippen LogP contribution in [-0.2, 0) is 6.42 Å². The Morgan fingerprint density at radius 2 is 2.40 bits per heavy atom. The van der Waals surface area contributed by atoms with Gasteiger partial charge in [0, 0.05) is 11.8 Å². The first kappa shape index (κ1) is 6.81. The molecule has 0 spiro atoms. The Morgan fingerprint density at radius 3 is 2.90 bits per heavy atom. The third-order valence-electron chi connectivity index (χ3n) is 1.23. The van der Waals surface area contributed by atoms with Crippen LogP contribution in [0.3, 0.4) is 0 Å². The van der Waals surface area contributed by atoms with E-state index in [0.717, 1.165) is 0 Å². The summed E-state index contributed by atoms with van der Waals surface area (Å²) in [4.78, 5) is 3.41. The lowest BCUT2D eigenvalue weighted by Crippen LogP contribution is -1.96. The Hall–Kier alpha value is -1.30. The Balaban J connectivity index is 3.14. The van der Waals surface area contributed by atoms with Gasteiger partial charge in [-0.3, -0.25) is 0 Å². The summed E-state index contributed by atoms with van der Waals surface area (Å²) in [6.07, 6.45) is 2.95. The van der Waals surface area contributed by atoms with E-state index in [1.54, 1.807) is 0 Å². The third kappa shape index (κ3) is 1.01. The molecule has 1 rings (SSSR count). The van der Waals surface area contributed by atoms with Crippen molar-refractivity contribution in [2.45, 2.75) is 13.3 Å². The number of aromatic nitrogens is 1. The Bertz CT molecular complexity index is 235. The van der Waals surface area contributed by atoms with Crippen LogP contribution in [0.2, 0.25) is 0 Å². The van der Waals surface area contributed by atoms with Crippen LogP contribution in [-0.4, -0.2) is 4.98 Å². The first-order valence-electron chi connectivity index (χ1n) is 2.99. The van der Waals surface area contributed by atoms with Crippen molar-refractivity contribution < 1.29 is 4.39 Å². The quantitative estimate of drug-likeness (QED) is 0.627. The summed E-state index contributed by atoms with van der Waals surface area (Å²) in [6, 6.07) is 2.54. The molecule has 52 valence electrons. The molecular weight excluding hydrogens is 131 g/mol. The second kappa shape index (κ2) is 2.53. The van der Waals surface area contributed by atoms with Gasteiger partial charge in [-0.05, 0) is 12.5 Å². The number of nitrogens with zero attached hydrogens (tertiary/aromatic N) is 1. The Morgan fingerprint density at radius 1 is 1.70 bits per heavy atom. The number of rotatable bonds is 1. The van der Waals surface area contributed by atoms with Crippen molar-refractivity contribution in [2.24, 2.45) is 0 Å². The van der Waals surface area contributed by atoms with Crippen LogP contribution in [0, 0.1) is 18.1 Å². The summed E-state index contributed by atoms with van der Waals surface area (Å²) in [7, 11) is 0. The average molecular weight is 138 g/mol. The number of hydrogen-bond acceptors (Lipinski definition) is 2. The van der Waals surface area contributed by atoms with Crippen LogP contribution >= 0.6 is 0 Å². The van der Waals surface area contributed by atoms with Crippen molar-refractivity contribution >= 4 is 5.82 Å². The Kier molecular flexibility index (Phi) is 1.72. The van der Waals surface area contributed by atoms with Crippen molar-refractivity contribution in [2.75, 3.05) is 5.73 Å². The van der Waals surface area contributed by atoms with Gasteiger partial charge in [0.1, 0.15) is 0 Å². The van der Waals surface area contributed by atoms with Gasteiger partial charge in [0.05, 0.1) is 0 Å². The van der Waals surface area contributed by atoms with Gasteiger partial charge < -0.3 is 5.73 Å². The predicted molar refractivity (Wildman–Crippen MR) is 35.7 cm³/mol. The van der Waals surface area contributed by atoms with Gasteiger partial charge in [-0.1, -0.05) is 6.92 Å². The van der Waals surface area contributed by atoms with Crippen molar-refractivity contribution in [1.82, 2.24) is 4.98 Å². The second-order valence-electron chi connectivity index (χ2n) is 1.88. The van der Waals surface area contributed by atoms with Gasteiger partial charge >= 0.3 is 0 Å². The van der Waals surface area contributed by atoms with Crippen LogP contribution in [0.15, 0.2) is 0 Å². The normalized spacial score (nSPS) is 9.00. The van der Waals surface area contributed by atoms with Crippen molar-refractivity contribution in [3.8, 4) is 0 Å². The average Bonchev–Trinajstić information content (AvgIpc) is 1.95. The lowest BCUT2D eigenvalue weighted by atomic mass is 10.2. The molecule has 0 fully saturated rings. The maximum absolute atomic E-state index is 12.8. The highest BCUT2D eigenvalue weighted by Gasteiger charge is 2.02. The van der Waals surface area contributed by atoms with Crippen LogP contribution in [0.1, 0.15) is 12.5 Å². The topological polar surface area (TPSA) is 38.9 Å². The summed E-state index contributed by atoms with van der Waals surface area (Å²) >= 11 is 0. The number of halogens is 1. The van der Waals surface area contributed by atoms with E-state index in [1.807, 2.05) is 6.92 Å². The van der Waals surface area contributed by atoms with E-state index in [2.05, 4.69) is 17.2 Å². The zero-order chi connectivity index (χ0) is 7.56. The molecule has 0 aromatic carbocycles. The fourth-order valence-electron chi connectivity index (χ4n) is 0.658. The third-order valence-corrected chi connectivity index (χ3v) is 1.23. The van der Waals surface area contributed by atoms with Gasteiger partial charge in [0.15, 0.2) is 11.6 Å². The molecule has 0 aliphatic heterocycles. The molecule has 0 aliphatic rings. The fourth-order valence-corrected chi connectivity index (χ4v) is 0.658. The van der Waals surface area contributed by atoms with Gasteiger partial charge in [0.25, 0.3) is 0 Å². The smallest absolute Gasteiger partial charge is 0.177 e. The van der Waals surface area contributed by atoms with Crippen LogP contribution in [0.5, 0.6) is 0 Å². The molecule has 1 heterocycles. The molecule has 1 aromatic rings. The first-order valence-corrected chi connectivity index (χ1v) is 2.99. The summed E-state index contributed by atoms with van der Waals surface area (Å²) in [6.45, 7) is 1.82. The SMILES string of the molecule is CCc1c#cnc(N)c1F. The number of nitrogen functional groups attached to an aromatic ring is 1. The van der Waals surface area contributed by atoms with E-state index in [-0.39, 0.29) is 5.82 Å². The molecule has 0 saturated heterocycles. The molecule has 1 aromatic heterocycles. The monoisotopic (exact) mass is 138 g/mol. The van der Waals surface area contributed by atoms with Crippen LogP contribution in [0.25, 0.3) is 0 Å². The molecule has 0 radical (unpaired) electrons. The molecule has 0 atom stereocenters. The van der Waals surface area contributed by atoms with E-state index in [4.69, 9.17) is 5.73 Å². The summed E-state index contributed by atoms with van der Waals surface area (Å²) in [5, 5.41) is 0. The highest BCUT2D eigenvalue weighted by Crippen LogP contribution is 2.08. The van der Waals surface area contributed by atoms with Crippen molar-refractivity contribution in [1.29, 1.82) is 0 Å². The maximum Gasteiger partial charge on any atom is 0.177 e. The van der Waals surface area contributed by atoms with Gasteiger partial charge in [0.2, 0.25) is 0 Å². The fraction of sp³-hybridized carbons (Fsp3) is 0.286. The number of nitrogens with two attached hydrogens (primary N) is 1. The molecule has 0 aliphatic carbocycles. The summed E-state index contributed by atoms with van der Waals surface area (Å²) < 4.78 is 12.8. The lowest BCUT2D eigenvalue weighted by molar-refractivity contribution is 0.612. The van der Waals surface area contributed by atoms with Gasteiger partial charge in [-0.2, -0.15) is 4.98 Å². The molecule has 0 bridgehead atoms. The molecule has 0 amide bonds. The van der Waals surface area contributed by atoms with E-state index in [1.165, 1.54) is 0 Å². The highest BCUT2D eigenvalue weighted by atomic mass is 19.1. The predicted octanol–water partition coefficient (Wildman–Crippen LogP) is 0.966. The van der Waals surface area contributed by atoms with E-state index < -0.39 is 5.82 Å². The minimum Gasteiger partial charge on any atom is -0.381 e. The minimum absolute atomic E-state index is 0.101. The summed E-state index contributed by atoms with van der Waals surface area (Å²) in [5.74, 6) is -0.572. The number of hydrogen-bond donors (Lipinski definition) is 1. The van der Waals surface area contributed by atoms with Crippen LogP contribution in [0.4, 0.5) is 10.2 Å². The van der Waals surface area contributed by atoms with Crippen molar-refractivity contribution in [3.05, 3.63) is 23.6 Å². The van der Waals surface area contributed by atoms with E-state index >= 15 is 0 Å². The highest BCUT2D eigenvalue weighted by molar-refractivity contribution is 5.31. The standard InChI is InChI=1S/C7H7FN2/c1-2-5-3-4-10-7(9)6(5)8/h2H2,1H3,(H2,9,10).